The minimum absolute atomic E-state index is 1.18. The van der Waals surface area contributed by atoms with E-state index < -0.39 is 0 Å². The third kappa shape index (κ3) is 13.1. The topological polar surface area (TPSA) is 28.7 Å². The maximum Gasteiger partial charge on any atom is 0.0516 e. The lowest BCUT2D eigenvalue weighted by Gasteiger charge is -1.98. The van der Waals surface area contributed by atoms with E-state index in [1.54, 1.807) is 6.20 Å². The number of H-pyrrole nitrogens is 1. The van der Waals surface area contributed by atoms with Crippen molar-refractivity contribution in [3.8, 4) is 0 Å². The summed E-state index contributed by atoms with van der Waals surface area (Å²) < 4.78 is 0. The van der Waals surface area contributed by atoms with Gasteiger partial charge in [-0.3, -0.25) is 5.10 Å². The fourth-order valence-corrected chi connectivity index (χ4v) is 1.70. The molecule has 1 rings (SSSR count). The summed E-state index contributed by atoms with van der Waals surface area (Å²) in [5, 5.41) is 6.38. The Morgan fingerprint density at radius 1 is 0.882 bits per heavy atom. The molecule has 0 amide bonds. The second kappa shape index (κ2) is 13.3. The van der Waals surface area contributed by atoms with E-state index in [4.69, 9.17) is 0 Å². The maximum atomic E-state index is 3.70. The number of aryl methyl sites for hydroxylation is 1. The van der Waals surface area contributed by atoms with Crippen LogP contribution in [0.15, 0.2) is 12.4 Å². The molecule has 0 bridgehead atoms. The van der Waals surface area contributed by atoms with E-state index in [1.807, 2.05) is 13.1 Å². The number of aromatic nitrogens is 2. The van der Waals surface area contributed by atoms with E-state index in [0.29, 0.717) is 0 Å². The highest BCUT2D eigenvalue weighted by molar-refractivity contribution is 4.96. The minimum atomic E-state index is 1.18. The van der Waals surface area contributed by atoms with Gasteiger partial charge in [-0.25, -0.2) is 0 Å². The van der Waals surface area contributed by atoms with Crippen molar-refractivity contribution < 1.29 is 0 Å². The van der Waals surface area contributed by atoms with Crippen molar-refractivity contribution in [2.24, 2.45) is 0 Å². The largest absolute Gasteiger partial charge is 0.285 e. The van der Waals surface area contributed by atoms with Gasteiger partial charge in [-0.05, 0) is 12.5 Å². The molecule has 0 aliphatic rings. The maximum absolute atomic E-state index is 3.70. The molecule has 1 aromatic rings. The van der Waals surface area contributed by atoms with Crippen molar-refractivity contribution in [2.75, 3.05) is 0 Å². The van der Waals surface area contributed by atoms with Gasteiger partial charge >= 0.3 is 0 Å². The first-order valence-corrected chi connectivity index (χ1v) is 7.26. The van der Waals surface area contributed by atoms with Gasteiger partial charge in [0.05, 0.1) is 6.20 Å². The standard InChI is InChI=1S/C11H24.C4H6N2/c1-3-5-7-9-11-10-8-6-4-2;1-4-2-5-6-3-4/h3-11H2,1-2H3;2-3H,1H3,(H,5,6). The van der Waals surface area contributed by atoms with Crippen molar-refractivity contribution in [3.63, 3.8) is 0 Å². The Kier molecular flexibility index (Phi) is 12.7. The smallest absolute Gasteiger partial charge is 0.0516 e. The molecule has 0 aromatic carbocycles. The van der Waals surface area contributed by atoms with Crippen LogP contribution < -0.4 is 0 Å². The van der Waals surface area contributed by atoms with Gasteiger partial charge in [-0.2, -0.15) is 5.10 Å². The lowest BCUT2D eigenvalue weighted by molar-refractivity contribution is 0.572. The van der Waals surface area contributed by atoms with E-state index in [9.17, 15) is 0 Å². The quantitative estimate of drug-likeness (QED) is 0.615. The summed E-state index contributed by atoms with van der Waals surface area (Å²) in [5.41, 5.74) is 1.18. The van der Waals surface area contributed by atoms with Crippen LogP contribution in [0.5, 0.6) is 0 Å². The fraction of sp³-hybridized carbons (Fsp3) is 0.800. The third-order valence-electron chi connectivity index (χ3n) is 2.84. The van der Waals surface area contributed by atoms with Crippen LogP contribution in [0.1, 0.15) is 77.2 Å². The number of hydrogen-bond donors (Lipinski definition) is 1. The number of nitrogens with zero attached hydrogens (tertiary/aromatic N) is 1. The lowest BCUT2D eigenvalue weighted by atomic mass is 10.1. The van der Waals surface area contributed by atoms with Gasteiger partial charge in [0.15, 0.2) is 0 Å². The summed E-state index contributed by atoms with van der Waals surface area (Å²) in [6, 6.07) is 0. The molecule has 17 heavy (non-hydrogen) atoms. The first kappa shape index (κ1) is 16.2. The van der Waals surface area contributed by atoms with Crippen molar-refractivity contribution in [3.05, 3.63) is 18.0 Å². The number of unbranched alkanes of at least 4 members (excludes halogenated alkanes) is 8. The minimum Gasteiger partial charge on any atom is -0.285 e. The van der Waals surface area contributed by atoms with Gasteiger partial charge in [-0.1, -0.05) is 71.6 Å². The predicted octanol–water partition coefficient (Wildman–Crippen LogP) is 5.26. The van der Waals surface area contributed by atoms with Crippen molar-refractivity contribution >= 4 is 0 Å². The lowest BCUT2D eigenvalue weighted by Crippen LogP contribution is -1.79. The Balaban J connectivity index is 0.000000354. The molecule has 0 radical (unpaired) electrons. The van der Waals surface area contributed by atoms with Gasteiger partial charge in [-0.15, -0.1) is 0 Å². The summed E-state index contributed by atoms with van der Waals surface area (Å²) >= 11 is 0. The van der Waals surface area contributed by atoms with E-state index in [2.05, 4.69) is 24.0 Å². The zero-order valence-electron chi connectivity index (χ0n) is 12.0. The van der Waals surface area contributed by atoms with Gasteiger partial charge in [0, 0.05) is 6.20 Å². The molecule has 0 saturated carbocycles. The fourth-order valence-electron chi connectivity index (χ4n) is 1.70. The van der Waals surface area contributed by atoms with Gasteiger partial charge in [0.1, 0.15) is 0 Å². The Bertz CT molecular complexity index is 209. The SMILES string of the molecule is CCCCCCCCCCC.Cc1cn[nH]c1. The highest BCUT2D eigenvalue weighted by Gasteiger charge is 1.89. The number of nitrogens with one attached hydrogen (secondary N) is 1. The molecular formula is C15H30N2. The van der Waals surface area contributed by atoms with Crippen molar-refractivity contribution in [1.82, 2.24) is 10.2 Å². The van der Waals surface area contributed by atoms with Gasteiger partial charge < -0.3 is 0 Å². The first-order chi connectivity index (χ1) is 8.31. The number of hydrogen-bond acceptors (Lipinski definition) is 1. The second-order valence-corrected chi connectivity index (χ2v) is 4.75. The van der Waals surface area contributed by atoms with E-state index in [1.165, 1.54) is 63.4 Å². The monoisotopic (exact) mass is 238 g/mol. The van der Waals surface area contributed by atoms with Crippen LogP contribution in [0.3, 0.4) is 0 Å². The molecule has 0 aliphatic heterocycles. The molecular weight excluding hydrogens is 208 g/mol. The van der Waals surface area contributed by atoms with Crippen LogP contribution in [-0.2, 0) is 0 Å². The van der Waals surface area contributed by atoms with Crippen LogP contribution in [-0.4, -0.2) is 10.2 Å². The summed E-state index contributed by atoms with van der Waals surface area (Å²) in [6.45, 7) is 6.54. The molecule has 1 N–H and O–H groups in total. The summed E-state index contributed by atoms with van der Waals surface area (Å²) in [5.74, 6) is 0. The normalized spacial score (nSPS) is 9.82. The summed E-state index contributed by atoms with van der Waals surface area (Å²) in [4.78, 5) is 0. The average Bonchev–Trinajstić information content (AvgIpc) is 2.80. The van der Waals surface area contributed by atoms with Crippen molar-refractivity contribution in [1.29, 1.82) is 0 Å². The summed E-state index contributed by atoms with van der Waals surface area (Å²) in [7, 11) is 0. The van der Waals surface area contributed by atoms with Crippen molar-refractivity contribution in [2.45, 2.75) is 78.6 Å². The zero-order chi connectivity index (χ0) is 12.8. The van der Waals surface area contributed by atoms with Crippen LogP contribution in [0.4, 0.5) is 0 Å². The first-order valence-electron chi connectivity index (χ1n) is 7.26. The van der Waals surface area contributed by atoms with Crippen LogP contribution in [0.2, 0.25) is 0 Å². The van der Waals surface area contributed by atoms with E-state index in [-0.39, 0.29) is 0 Å². The molecule has 1 aromatic heterocycles. The molecule has 0 atom stereocenters. The predicted molar refractivity (Wildman–Crippen MR) is 76.2 cm³/mol. The molecule has 0 saturated heterocycles. The van der Waals surface area contributed by atoms with Crippen LogP contribution in [0, 0.1) is 6.92 Å². The second-order valence-electron chi connectivity index (χ2n) is 4.75. The Morgan fingerprint density at radius 2 is 1.35 bits per heavy atom. The van der Waals surface area contributed by atoms with Gasteiger partial charge in [0.2, 0.25) is 0 Å². The molecule has 100 valence electrons. The Labute approximate surface area is 107 Å². The molecule has 2 nitrogen and oxygen atoms in total. The van der Waals surface area contributed by atoms with Crippen LogP contribution >= 0.6 is 0 Å². The zero-order valence-corrected chi connectivity index (χ0v) is 12.0. The molecule has 0 spiro atoms. The molecule has 1 heterocycles. The highest BCUT2D eigenvalue weighted by Crippen LogP contribution is 2.08. The number of aromatic amines is 1. The Hall–Kier alpha value is -0.790. The molecule has 0 aliphatic carbocycles. The molecule has 2 heteroatoms. The Morgan fingerprint density at radius 3 is 1.59 bits per heavy atom. The number of rotatable bonds is 8. The van der Waals surface area contributed by atoms with E-state index >= 15 is 0 Å². The molecule has 0 fully saturated rings. The molecule has 0 unspecified atom stereocenters. The average molecular weight is 238 g/mol. The highest BCUT2D eigenvalue weighted by atomic mass is 15.1. The van der Waals surface area contributed by atoms with E-state index in [0.717, 1.165) is 0 Å². The van der Waals surface area contributed by atoms with Gasteiger partial charge in [0.25, 0.3) is 0 Å². The summed E-state index contributed by atoms with van der Waals surface area (Å²) in [6.07, 6.45) is 16.6. The third-order valence-corrected chi connectivity index (χ3v) is 2.84. The van der Waals surface area contributed by atoms with Crippen LogP contribution in [0.25, 0.3) is 0 Å².